The number of imidazole rings is 1. The highest BCUT2D eigenvalue weighted by Gasteiger charge is 2.02. The van der Waals surface area contributed by atoms with Crippen molar-refractivity contribution in [3.05, 3.63) is 30.1 Å². The van der Waals surface area contributed by atoms with E-state index in [9.17, 15) is 0 Å². The van der Waals surface area contributed by atoms with Crippen molar-refractivity contribution in [2.24, 2.45) is 4.99 Å². The maximum atomic E-state index is 4.54. The summed E-state index contributed by atoms with van der Waals surface area (Å²) in [7, 11) is 1.78. The van der Waals surface area contributed by atoms with E-state index in [1.807, 2.05) is 24.3 Å². The lowest BCUT2D eigenvalue weighted by Gasteiger charge is -2.09. The van der Waals surface area contributed by atoms with Crippen LogP contribution in [0, 0.1) is 0 Å². The molecule has 1 heterocycles. The van der Waals surface area contributed by atoms with Gasteiger partial charge in [0.15, 0.2) is 5.96 Å². The molecule has 1 aromatic carbocycles. The molecule has 0 unspecified atom stereocenters. The highest BCUT2D eigenvalue weighted by molar-refractivity contribution is 14.0. The first kappa shape index (κ1) is 16.7. The molecule has 0 atom stereocenters. The van der Waals surface area contributed by atoms with Gasteiger partial charge in [0.2, 0.25) is 0 Å². The van der Waals surface area contributed by atoms with E-state index in [0.29, 0.717) is 0 Å². The number of nitrogens with zero attached hydrogens (tertiary/aromatic N) is 2. The minimum absolute atomic E-state index is 0. The van der Waals surface area contributed by atoms with Gasteiger partial charge in [-0.2, -0.15) is 0 Å². The highest BCUT2D eigenvalue weighted by Crippen LogP contribution is 2.10. The van der Waals surface area contributed by atoms with E-state index in [4.69, 9.17) is 0 Å². The number of halogens is 1. The van der Waals surface area contributed by atoms with Gasteiger partial charge in [0.25, 0.3) is 0 Å². The average molecular weight is 387 g/mol. The molecule has 1 aromatic heterocycles. The molecule has 0 saturated carbocycles. The fourth-order valence-electron chi connectivity index (χ4n) is 1.89. The van der Waals surface area contributed by atoms with Gasteiger partial charge >= 0.3 is 0 Å². The second-order valence-corrected chi connectivity index (χ2v) is 4.38. The number of H-pyrrole nitrogens is 1. The van der Waals surface area contributed by atoms with Crippen molar-refractivity contribution in [2.45, 2.75) is 19.8 Å². The summed E-state index contributed by atoms with van der Waals surface area (Å²) in [6, 6.07) is 8.08. The molecule has 0 saturated heterocycles. The van der Waals surface area contributed by atoms with Gasteiger partial charge in [0.1, 0.15) is 5.82 Å². The maximum Gasteiger partial charge on any atom is 0.190 e. The Morgan fingerprint density at radius 3 is 2.70 bits per heavy atom. The van der Waals surface area contributed by atoms with Gasteiger partial charge in [-0.05, 0) is 18.6 Å². The number of para-hydroxylation sites is 2. The van der Waals surface area contributed by atoms with Crippen molar-refractivity contribution in [1.29, 1.82) is 0 Å². The van der Waals surface area contributed by atoms with Crippen LogP contribution in [0.4, 0.5) is 0 Å². The second kappa shape index (κ2) is 8.78. The van der Waals surface area contributed by atoms with Crippen molar-refractivity contribution in [3.63, 3.8) is 0 Å². The first-order chi connectivity index (χ1) is 9.33. The Bertz CT molecular complexity index is 516. The van der Waals surface area contributed by atoms with Crippen LogP contribution in [0.25, 0.3) is 11.0 Å². The number of hydrogen-bond donors (Lipinski definition) is 3. The second-order valence-electron chi connectivity index (χ2n) is 4.38. The highest BCUT2D eigenvalue weighted by atomic mass is 127. The number of aromatic amines is 1. The first-order valence-corrected chi connectivity index (χ1v) is 6.71. The summed E-state index contributed by atoms with van der Waals surface area (Å²) in [5.41, 5.74) is 2.11. The Morgan fingerprint density at radius 1 is 1.25 bits per heavy atom. The van der Waals surface area contributed by atoms with Crippen molar-refractivity contribution in [2.75, 3.05) is 20.1 Å². The van der Waals surface area contributed by atoms with Crippen molar-refractivity contribution >= 4 is 41.0 Å². The van der Waals surface area contributed by atoms with E-state index in [2.05, 4.69) is 32.5 Å². The van der Waals surface area contributed by atoms with Gasteiger partial charge in [-0.3, -0.25) is 4.99 Å². The number of hydrogen-bond acceptors (Lipinski definition) is 2. The van der Waals surface area contributed by atoms with Gasteiger partial charge in [-0.25, -0.2) is 4.98 Å². The summed E-state index contributed by atoms with van der Waals surface area (Å²) in [5.74, 6) is 1.85. The van der Waals surface area contributed by atoms with E-state index < -0.39 is 0 Å². The molecule has 20 heavy (non-hydrogen) atoms. The minimum atomic E-state index is 0. The molecular formula is C14H22IN5. The quantitative estimate of drug-likeness (QED) is 0.419. The third kappa shape index (κ3) is 4.66. The molecule has 0 bridgehead atoms. The third-order valence-corrected chi connectivity index (χ3v) is 2.86. The van der Waals surface area contributed by atoms with Crippen LogP contribution >= 0.6 is 24.0 Å². The van der Waals surface area contributed by atoms with Gasteiger partial charge in [0.05, 0.1) is 11.0 Å². The van der Waals surface area contributed by atoms with E-state index in [1.165, 1.54) is 0 Å². The average Bonchev–Trinajstić information content (AvgIpc) is 2.85. The first-order valence-electron chi connectivity index (χ1n) is 6.71. The predicted octanol–water partition coefficient (Wildman–Crippen LogP) is 2.30. The smallest absolute Gasteiger partial charge is 0.190 e. The Balaban J connectivity index is 0.00000200. The van der Waals surface area contributed by atoms with Crippen LogP contribution in [-0.2, 0) is 6.42 Å². The zero-order valence-electron chi connectivity index (χ0n) is 11.9. The Kier molecular flexibility index (Phi) is 7.35. The number of aromatic nitrogens is 2. The van der Waals surface area contributed by atoms with E-state index in [1.54, 1.807) is 7.05 Å². The standard InChI is InChI=1S/C14H21N5.HI/c1-3-9-16-14(15-2)17-10-8-13-18-11-6-4-5-7-12(11)19-13;/h4-7H,3,8-10H2,1-2H3,(H,18,19)(H2,15,16,17);1H. The molecule has 0 aliphatic heterocycles. The van der Waals surface area contributed by atoms with Crippen LogP contribution in [0.1, 0.15) is 19.2 Å². The largest absolute Gasteiger partial charge is 0.356 e. The maximum absolute atomic E-state index is 4.54. The fraction of sp³-hybridized carbons (Fsp3) is 0.429. The number of rotatable bonds is 5. The van der Waals surface area contributed by atoms with Crippen molar-refractivity contribution in [3.8, 4) is 0 Å². The summed E-state index contributed by atoms with van der Waals surface area (Å²) in [5, 5.41) is 6.52. The molecule has 0 aliphatic carbocycles. The van der Waals surface area contributed by atoms with E-state index in [0.717, 1.165) is 48.7 Å². The molecular weight excluding hydrogens is 365 g/mol. The normalized spacial score (nSPS) is 11.2. The summed E-state index contributed by atoms with van der Waals surface area (Å²) in [6.07, 6.45) is 1.94. The predicted molar refractivity (Wildman–Crippen MR) is 94.9 cm³/mol. The van der Waals surface area contributed by atoms with E-state index in [-0.39, 0.29) is 24.0 Å². The van der Waals surface area contributed by atoms with Crippen molar-refractivity contribution in [1.82, 2.24) is 20.6 Å². The molecule has 110 valence electrons. The number of nitrogens with one attached hydrogen (secondary N) is 3. The summed E-state index contributed by atoms with van der Waals surface area (Å²) < 4.78 is 0. The van der Waals surface area contributed by atoms with Crippen LogP contribution in [0.2, 0.25) is 0 Å². The van der Waals surface area contributed by atoms with Crippen LogP contribution in [0.3, 0.4) is 0 Å². The van der Waals surface area contributed by atoms with Gasteiger partial charge in [0, 0.05) is 26.6 Å². The molecule has 0 fully saturated rings. The van der Waals surface area contributed by atoms with Crippen LogP contribution in [0.5, 0.6) is 0 Å². The number of guanidine groups is 1. The summed E-state index contributed by atoms with van der Waals surface area (Å²) >= 11 is 0. The lowest BCUT2D eigenvalue weighted by atomic mass is 10.3. The zero-order valence-corrected chi connectivity index (χ0v) is 14.3. The molecule has 5 nitrogen and oxygen atoms in total. The van der Waals surface area contributed by atoms with Gasteiger partial charge in [-0.1, -0.05) is 19.1 Å². The number of fused-ring (bicyclic) bond motifs is 1. The number of benzene rings is 1. The molecule has 2 aromatic rings. The molecule has 0 amide bonds. The van der Waals surface area contributed by atoms with Gasteiger partial charge in [-0.15, -0.1) is 24.0 Å². The summed E-state index contributed by atoms with van der Waals surface area (Å²) in [6.45, 7) is 3.88. The van der Waals surface area contributed by atoms with Crippen molar-refractivity contribution < 1.29 is 0 Å². The monoisotopic (exact) mass is 387 g/mol. The molecule has 2 rings (SSSR count). The molecule has 0 aliphatic rings. The fourth-order valence-corrected chi connectivity index (χ4v) is 1.89. The minimum Gasteiger partial charge on any atom is -0.356 e. The number of aliphatic imine (C=N–C) groups is 1. The third-order valence-electron chi connectivity index (χ3n) is 2.86. The van der Waals surface area contributed by atoms with E-state index >= 15 is 0 Å². The van der Waals surface area contributed by atoms with Crippen LogP contribution in [-0.4, -0.2) is 36.1 Å². The molecule has 6 heteroatoms. The van der Waals surface area contributed by atoms with Gasteiger partial charge < -0.3 is 15.6 Å². The topological polar surface area (TPSA) is 65.1 Å². The summed E-state index contributed by atoms with van der Waals surface area (Å²) in [4.78, 5) is 12.0. The lowest BCUT2D eigenvalue weighted by molar-refractivity contribution is 0.762. The molecule has 0 radical (unpaired) electrons. The Labute approximate surface area is 136 Å². The Hall–Kier alpha value is -1.31. The van der Waals surface area contributed by atoms with Crippen LogP contribution < -0.4 is 10.6 Å². The lowest BCUT2D eigenvalue weighted by Crippen LogP contribution is -2.38. The SMILES string of the molecule is CCCNC(=NC)NCCc1nc2ccccc2[nH]1.I. The molecule has 3 N–H and O–H groups in total. The molecule has 0 spiro atoms. The Morgan fingerprint density at radius 2 is 2.00 bits per heavy atom. The van der Waals surface area contributed by atoms with Crippen LogP contribution in [0.15, 0.2) is 29.3 Å². The zero-order chi connectivity index (χ0) is 13.5.